The van der Waals surface area contributed by atoms with Crippen LogP contribution in [0.5, 0.6) is 11.5 Å². The van der Waals surface area contributed by atoms with E-state index in [0.29, 0.717) is 6.61 Å². The summed E-state index contributed by atoms with van der Waals surface area (Å²) in [7, 11) is 1.68. The van der Waals surface area contributed by atoms with E-state index in [2.05, 4.69) is 26.0 Å². The summed E-state index contributed by atoms with van der Waals surface area (Å²) >= 11 is 0. The van der Waals surface area contributed by atoms with E-state index in [1.807, 2.05) is 18.2 Å². The Bertz CT molecular complexity index is 405. The average molecular weight is 218 g/mol. The summed E-state index contributed by atoms with van der Waals surface area (Å²) in [4.78, 5) is 0. The highest BCUT2D eigenvalue weighted by Gasteiger charge is 2.18. The van der Waals surface area contributed by atoms with Gasteiger partial charge in [0.15, 0.2) is 0 Å². The highest BCUT2D eigenvalue weighted by molar-refractivity contribution is 5.42. The van der Waals surface area contributed by atoms with Crippen molar-refractivity contribution in [3.8, 4) is 11.5 Å². The molecular weight excluding hydrogens is 200 g/mol. The van der Waals surface area contributed by atoms with Gasteiger partial charge >= 0.3 is 0 Å². The van der Waals surface area contributed by atoms with Crippen molar-refractivity contribution in [2.75, 3.05) is 13.7 Å². The van der Waals surface area contributed by atoms with Gasteiger partial charge in [-0.3, -0.25) is 0 Å². The van der Waals surface area contributed by atoms with Crippen LogP contribution in [0.1, 0.15) is 19.4 Å². The molecule has 0 saturated carbocycles. The van der Waals surface area contributed by atoms with Gasteiger partial charge in [0.25, 0.3) is 0 Å². The predicted octanol–water partition coefficient (Wildman–Crippen LogP) is 3.21. The Balaban J connectivity index is 2.30. The monoisotopic (exact) mass is 218 g/mol. The van der Waals surface area contributed by atoms with Crippen molar-refractivity contribution in [2.24, 2.45) is 5.41 Å². The Morgan fingerprint density at radius 3 is 2.88 bits per heavy atom. The molecule has 1 aromatic carbocycles. The molecule has 1 heterocycles. The second-order valence-corrected chi connectivity index (χ2v) is 4.86. The van der Waals surface area contributed by atoms with Crippen molar-refractivity contribution in [1.29, 1.82) is 0 Å². The summed E-state index contributed by atoms with van der Waals surface area (Å²) in [5, 5.41) is 0. The first-order valence-electron chi connectivity index (χ1n) is 5.58. The van der Waals surface area contributed by atoms with E-state index in [1.165, 1.54) is 5.56 Å². The fourth-order valence-corrected chi connectivity index (χ4v) is 1.80. The smallest absolute Gasteiger partial charge is 0.123 e. The van der Waals surface area contributed by atoms with Crippen LogP contribution in [-0.2, 0) is 6.42 Å². The quantitative estimate of drug-likeness (QED) is 0.674. The number of methoxy groups -OCH3 is 1. The van der Waals surface area contributed by atoms with Gasteiger partial charge in [0.2, 0.25) is 0 Å². The topological polar surface area (TPSA) is 18.5 Å². The number of benzene rings is 1. The highest BCUT2D eigenvalue weighted by Crippen LogP contribution is 2.29. The van der Waals surface area contributed by atoms with Crippen molar-refractivity contribution in [2.45, 2.75) is 20.3 Å². The molecule has 0 radical (unpaired) electrons. The third kappa shape index (κ3) is 2.38. The van der Waals surface area contributed by atoms with Gasteiger partial charge in [0, 0.05) is 11.0 Å². The first-order chi connectivity index (χ1) is 7.61. The zero-order chi connectivity index (χ0) is 11.6. The minimum absolute atomic E-state index is 0.109. The lowest BCUT2D eigenvalue weighted by Gasteiger charge is -2.24. The number of fused-ring (bicyclic) bond motifs is 1. The molecule has 16 heavy (non-hydrogen) atoms. The first-order valence-corrected chi connectivity index (χ1v) is 5.58. The molecule has 0 aromatic heterocycles. The number of hydrogen-bond donors (Lipinski definition) is 0. The van der Waals surface area contributed by atoms with Crippen LogP contribution in [0.25, 0.3) is 0 Å². The molecule has 0 N–H and O–H groups in total. The van der Waals surface area contributed by atoms with Crippen molar-refractivity contribution in [3.63, 3.8) is 0 Å². The van der Waals surface area contributed by atoms with Crippen molar-refractivity contribution >= 4 is 0 Å². The largest absolute Gasteiger partial charge is 0.497 e. The zero-order valence-corrected chi connectivity index (χ0v) is 10.1. The average Bonchev–Trinajstić information content (AvgIpc) is 2.25. The van der Waals surface area contributed by atoms with E-state index in [9.17, 15) is 0 Å². The summed E-state index contributed by atoms with van der Waals surface area (Å²) in [5.41, 5.74) is 1.29. The summed E-state index contributed by atoms with van der Waals surface area (Å²) in [6.45, 7) is 5.07. The van der Waals surface area contributed by atoms with Crippen LogP contribution in [0.4, 0.5) is 0 Å². The normalized spacial score (nSPS) is 19.9. The fraction of sp³-hybridized carbons (Fsp3) is 0.429. The van der Waals surface area contributed by atoms with Crippen LogP contribution in [0.2, 0.25) is 0 Å². The van der Waals surface area contributed by atoms with Crippen LogP contribution in [0.3, 0.4) is 0 Å². The van der Waals surface area contributed by atoms with Gasteiger partial charge in [0.1, 0.15) is 11.5 Å². The van der Waals surface area contributed by atoms with E-state index in [0.717, 1.165) is 17.9 Å². The van der Waals surface area contributed by atoms with Crippen molar-refractivity contribution in [1.82, 2.24) is 0 Å². The van der Waals surface area contributed by atoms with Crippen LogP contribution >= 0.6 is 0 Å². The summed E-state index contributed by atoms with van der Waals surface area (Å²) in [6, 6.07) is 5.97. The van der Waals surface area contributed by atoms with E-state index < -0.39 is 0 Å². The lowest BCUT2D eigenvalue weighted by Crippen LogP contribution is -2.20. The molecule has 0 bridgehead atoms. The van der Waals surface area contributed by atoms with Gasteiger partial charge in [-0.25, -0.2) is 0 Å². The minimum Gasteiger partial charge on any atom is -0.497 e. The summed E-state index contributed by atoms with van der Waals surface area (Å²) in [5.74, 6) is 1.86. The molecule has 0 aliphatic carbocycles. The first kappa shape index (κ1) is 11.1. The molecule has 0 saturated heterocycles. The van der Waals surface area contributed by atoms with Gasteiger partial charge in [-0.15, -0.1) is 0 Å². The van der Waals surface area contributed by atoms with Crippen molar-refractivity contribution < 1.29 is 9.47 Å². The Labute approximate surface area is 96.9 Å². The Kier molecular flexibility index (Phi) is 2.90. The maximum absolute atomic E-state index is 5.84. The Morgan fingerprint density at radius 1 is 1.31 bits per heavy atom. The SMILES string of the molecule is COc1ccc2c(c1)C/C=C\C(C)(C)CO2. The molecule has 0 amide bonds. The van der Waals surface area contributed by atoms with Gasteiger partial charge in [-0.1, -0.05) is 26.0 Å². The van der Waals surface area contributed by atoms with E-state index in [4.69, 9.17) is 9.47 Å². The highest BCUT2D eigenvalue weighted by atomic mass is 16.5. The molecule has 1 aromatic rings. The van der Waals surface area contributed by atoms with Crippen LogP contribution in [0, 0.1) is 5.41 Å². The molecule has 2 rings (SSSR count). The summed E-state index contributed by atoms with van der Waals surface area (Å²) in [6.07, 6.45) is 5.33. The van der Waals surface area contributed by atoms with Crippen molar-refractivity contribution in [3.05, 3.63) is 35.9 Å². The fourth-order valence-electron chi connectivity index (χ4n) is 1.80. The molecule has 0 fully saturated rings. The van der Waals surface area contributed by atoms with Gasteiger partial charge in [0.05, 0.1) is 13.7 Å². The Morgan fingerprint density at radius 2 is 2.12 bits per heavy atom. The minimum atomic E-state index is 0.109. The zero-order valence-electron chi connectivity index (χ0n) is 10.1. The maximum Gasteiger partial charge on any atom is 0.123 e. The van der Waals surface area contributed by atoms with E-state index in [1.54, 1.807) is 7.11 Å². The molecule has 86 valence electrons. The molecule has 0 spiro atoms. The standard InChI is InChI=1S/C14H18O2/c1-14(2)8-4-5-11-9-12(15-3)6-7-13(11)16-10-14/h4,6-9H,5,10H2,1-3H3/b8-4-. The summed E-state index contributed by atoms with van der Waals surface area (Å²) < 4.78 is 11.1. The maximum atomic E-state index is 5.84. The molecule has 0 atom stereocenters. The number of allylic oxidation sites excluding steroid dienone is 1. The van der Waals surface area contributed by atoms with Gasteiger partial charge in [-0.05, 0) is 24.6 Å². The second-order valence-electron chi connectivity index (χ2n) is 4.86. The van der Waals surface area contributed by atoms with E-state index >= 15 is 0 Å². The molecule has 1 aliphatic rings. The molecule has 2 heteroatoms. The molecular formula is C14H18O2. The number of ether oxygens (including phenoxy) is 2. The number of hydrogen-bond acceptors (Lipinski definition) is 2. The van der Waals surface area contributed by atoms with E-state index in [-0.39, 0.29) is 5.41 Å². The van der Waals surface area contributed by atoms with Crippen LogP contribution in [-0.4, -0.2) is 13.7 Å². The van der Waals surface area contributed by atoms with Crippen LogP contribution in [0.15, 0.2) is 30.4 Å². The lowest BCUT2D eigenvalue weighted by molar-refractivity contribution is 0.217. The third-order valence-corrected chi connectivity index (χ3v) is 2.77. The predicted molar refractivity (Wildman–Crippen MR) is 65.1 cm³/mol. The van der Waals surface area contributed by atoms with Gasteiger partial charge in [-0.2, -0.15) is 0 Å². The lowest BCUT2D eigenvalue weighted by atomic mass is 9.92. The molecule has 1 aliphatic heterocycles. The third-order valence-electron chi connectivity index (χ3n) is 2.77. The molecule has 2 nitrogen and oxygen atoms in total. The Hall–Kier alpha value is -1.44. The second kappa shape index (κ2) is 4.20. The van der Waals surface area contributed by atoms with Gasteiger partial charge < -0.3 is 9.47 Å². The van der Waals surface area contributed by atoms with Crippen LogP contribution < -0.4 is 9.47 Å². The molecule has 0 unspecified atom stereocenters. The number of rotatable bonds is 1.